The minimum absolute atomic E-state index is 0.0559. The Morgan fingerprint density at radius 3 is 2.63 bits per heavy atom. The maximum absolute atomic E-state index is 12.9. The molecule has 0 bridgehead atoms. The molecule has 1 aliphatic heterocycles. The van der Waals surface area contributed by atoms with Crippen molar-refractivity contribution in [2.45, 2.75) is 64.3 Å². The molecule has 1 aliphatic carbocycles. The van der Waals surface area contributed by atoms with Crippen molar-refractivity contribution in [1.29, 1.82) is 0 Å². The number of carbonyl (C=O) groups is 1. The summed E-state index contributed by atoms with van der Waals surface area (Å²) in [6.45, 7) is 7.64. The SMILES string of the molecule is COc1cc2c3c(c(NC(C)C)nc2cc1OCCCN1CCCC1)CCC3OC(=O)C(F)(F)F. The number of hydrogen-bond donors (Lipinski definition) is 1. The average Bonchev–Trinajstić information content (AvgIpc) is 3.46. The Bertz CT molecular complexity index is 1070. The molecule has 7 nitrogen and oxygen atoms in total. The Hall–Kier alpha value is -2.75. The normalized spacial score (nSPS) is 18.2. The van der Waals surface area contributed by atoms with Gasteiger partial charge in [0, 0.05) is 35.2 Å². The first-order valence-electron chi connectivity index (χ1n) is 12.1. The molecule has 1 fully saturated rings. The molecule has 10 heteroatoms. The van der Waals surface area contributed by atoms with Gasteiger partial charge in [0.25, 0.3) is 0 Å². The van der Waals surface area contributed by atoms with Crippen molar-refractivity contribution in [1.82, 2.24) is 9.88 Å². The molecule has 1 unspecified atom stereocenters. The monoisotopic (exact) mass is 495 g/mol. The number of fused-ring (bicyclic) bond motifs is 3. The largest absolute Gasteiger partial charge is 0.493 e. The first kappa shape index (κ1) is 25.3. The van der Waals surface area contributed by atoms with Crippen LogP contribution in [0.2, 0.25) is 0 Å². The summed E-state index contributed by atoms with van der Waals surface area (Å²) >= 11 is 0. The Balaban J connectivity index is 1.66. The lowest BCUT2D eigenvalue weighted by molar-refractivity contribution is -0.205. The third kappa shape index (κ3) is 5.74. The number of esters is 1. The number of ether oxygens (including phenoxy) is 3. The Kier molecular flexibility index (Phi) is 7.59. The van der Waals surface area contributed by atoms with Crippen LogP contribution in [-0.2, 0) is 16.0 Å². The van der Waals surface area contributed by atoms with E-state index >= 15 is 0 Å². The van der Waals surface area contributed by atoms with Crippen LogP contribution in [-0.4, -0.2) is 61.4 Å². The van der Waals surface area contributed by atoms with Gasteiger partial charge in [-0.25, -0.2) is 9.78 Å². The number of aromatic nitrogens is 1. The fourth-order valence-electron chi connectivity index (χ4n) is 4.83. The summed E-state index contributed by atoms with van der Waals surface area (Å²) in [4.78, 5) is 18.8. The lowest BCUT2D eigenvalue weighted by Gasteiger charge is -2.20. The predicted molar refractivity (Wildman–Crippen MR) is 126 cm³/mol. The summed E-state index contributed by atoms with van der Waals surface area (Å²) in [7, 11) is 1.52. The van der Waals surface area contributed by atoms with Crippen molar-refractivity contribution in [3.05, 3.63) is 23.3 Å². The molecule has 0 radical (unpaired) electrons. The van der Waals surface area contributed by atoms with Crippen molar-refractivity contribution in [2.75, 3.05) is 38.7 Å². The van der Waals surface area contributed by atoms with Gasteiger partial charge in [-0.05, 0) is 65.1 Å². The van der Waals surface area contributed by atoms with Crippen LogP contribution in [0.3, 0.4) is 0 Å². The standard InChI is InChI=1S/C25H32F3N3O4/c1-15(2)29-23-16-7-8-19(35-24(32)25(26,27)28)22(16)17-13-20(33-3)21(14-18(17)30-23)34-12-6-11-31-9-4-5-10-31/h13-15,19H,4-12H2,1-3H3,(H,29,30). The van der Waals surface area contributed by atoms with Gasteiger partial charge in [-0.1, -0.05) is 0 Å². The van der Waals surface area contributed by atoms with Crippen LogP contribution >= 0.6 is 0 Å². The van der Waals surface area contributed by atoms with Gasteiger partial charge >= 0.3 is 12.1 Å². The molecule has 0 saturated carbocycles. The van der Waals surface area contributed by atoms with E-state index in [1.54, 1.807) is 12.1 Å². The lowest BCUT2D eigenvalue weighted by atomic mass is 10.0. The van der Waals surface area contributed by atoms with Crippen LogP contribution in [0.1, 0.15) is 56.8 Å². The van der Waals surface area contributed by atoms with Gasteiger partial charge in [0.15, 0.2) is 11.5 Å². The highest BCUT2D eigenvalue weighted by Crippen LogP contribution is 2.45. The highest BCUT2D eigenvalue weighted by molar-refractivity contribution is 5.90. The van der Waals surface area contributed by atoms with Gasteiger partial charge in [0.1, 0.15) is 11.9 Å². The first-order valence-corrected chi connectivity index (χ1v) is 12.1. The summed E-state index contributed by atoms with van der Waals surface area (Å²) in [6, 6.07) is 3.52. The van der Waals surface area contributed by atoms with Crippen molar-refractivity contribution >= 4 is 22.7 Å². The number of nitrogens with one attached hydrogen (secondary N) is 1. The zero-order valence-corrected chi connectivity index (χ0v) is 20.3. The van der Waals surface area contributed by atoms with Crippen LogP contribution in [0.25, 0.3) is 10.9 Å². The molecule has 1 aromatic heterocycles. The second-order valence-corrected chi connectivity index (χ2v) is 9.35. The zero-order valence-electron chi connectivity index (χ0n) is 20.3. The second kappa shape index (κ2) is 10.5. The van der Waals surface area contributed by atoms with Gasteiger partial charge in [0.05, 0.1) is 19.2 Å². The van der Waals surface area contributed by atoms with Crippen molar-refractivity contribution in [2.24, 2.45) is 0 Å². The maximum atomic E-state index is 12.9. The van der Waals surface area contributed by atoms with E-state index < -0.39 is 18.2 Å². The van der Waals surface area contributed by atoms with E-state index in [2.05, 4.69) is 10.2 Å². The van der Waals surface area contributed by atoms with Gasteiger partial charge in [-0.15, -0.1) is 0 Å². The number of anilines is 1. The minimum atomic E-state index is -5.06. The molecule has 1 atom stereocenters. The number of hydrogen-bond acceptors (Lipinski definition) is 7. The second-order valence-electron chi connectivity index (χ2n) is 9.35. The molecular formula is C25H32F3N3O4. The smallest absolute Gasteiger partial charge is 0.490 e. The van der Waals surface area contributed by atoms with E-state index in [4.69, 9.17) is 19.2 Å². The minimum Gasteiger partial charge on any atom is -0.493 e. The average molecular weight is 496 g/mol. The van der Waals surface area contributed by atoms with Crippen LogP contribution < -0.4 is 14.8 Å². The van der Waals surface area contributed by atoms with Gasteiger partial charge in [-0.2, -0.15) is 13.2 Å². The summed E-state index contributed by atoms with van der Waals surface area (Å²) in [5.41, 5.74) is 1.83. The van der Waals surface area contributed by atoms with Gasteiger partial charge < -0.3 is 24.4 Å². The van der Waals surface area contributed by atoms with Crippen molar-refractivity contribution in [3.8, 4) is 11.5 Å². The Morgan fingerprint density at radius 1 is 1.23 bits per heavy atom. The number of pyridine rings is 1. The molecule has 1 N–H and O–H groups in total. The number of rotatable bonds is 9. The van der Waals surface area contributed by atoms with Crippen LogP contribution in [0.15, 0.2) is 12.1 Å². The highest BCUT2D eigenvalue weighted by atomic mass is 19.4. The molecule has 4 rings (SSSR count). The van der Waals surface area contributed by atoms with E-state index in [-0.39, 0.29) is 12.5 Å². The molecule has 2 aliphatic rings. The number of nitrogens with zero attached hydrogens (tertiary/aromatic N) is 2. The van der Waals surface area contributed by atoms with Gasteiger partial charge in [-0.3, -0.25) is 0 Å². The molecule has 192 valence electrons. The number of carbonyl (C=O) groups excluding carboxylic acids is 1. The summed E-state index contributed by atoms with van der Waals surface area (Å²) < 4.78 is 55.2. The van der Waals surface area contributed by atoms with E-state index in [0.717, 1.165) is 31.6 Å². The van der Waals surface area contributed by atoms with Crippen LogP contribution in [0, 0.1) is 0 Å². The number of alkyl halides is 3. The Labute approximate surface area is 202 Å². The van der Waals surface area contributed by atoms with E-state index in [1.165, 1.54) is 20.0 Å². The van der Waals surface area contributed by atoms with E-state index in [9.17, 15) is 18.0 Å². The Morgan fingerprint density at radius 2 is 1.97 bits per heavy atom. The number of halogens is 3. The number of methoxy groups -OCH3 is 1. The molecule has 1 saturated heterocycles. The maximum Gasteiger partial charge on any atom is 0.490 e. The third-order valence-corrected chi connectivity index (χ3v) is 6.37. The van der Waals surface area contributed by atoms with Crippen LogP contribution in [0.4, 0.5) is 19.0 Å². The van der Waals surface area contributed by atoms with E-state index in [0.29, 0.717) is 46.8 Å². The lowest BCUT2D eigenvalue weighted by Crippen LogP contribution is -2.26. The molecule has 0 amide bonds. The fraction of sp³-hybridized carbons (Fsp3) is 0.600. The topological polar surface area (TPSA) is 72.9 Å². The van der Waals surface area contributed by atoms with E-state index in [1.807, 2.05) is 13.8 Å². The summed E-state index contributed by atoms with van der Waals surface area (Å²) in [6.07, 6.45) is -2.04. The fourth-order valence-corrected chi connectivity index (χ4v) is 4.83. The van der Waals surface area contributed by atoms with Crippen LogP contribution in [0.5, 0.6) is 11.5 Å². The van der Waals surface area contributed by atoms with Crippen molar-refractivity contribution in [3.63, 3.8) is 0 Å². The third-order valence-electron chi connectivity index (χ3n) is 6.37. The quantitative estimate of drug-likeness (QED) is 0.387. The molecular weight excluding hydrogens is 463 g/mol. The molecule has 2 aromatic rings. The predicted octanol–water partition coefficient (Wildman–Crippen LogP) is 5.02. The van der Waals surface area contributed by atoms with Gasteiger partial charge in [0.2, 0.25) is 0 Å². The summed E-state index contributed by atoms with van der Waals surface area (Å²) in [5, 5.41) is 3.87. The highest BCUT2D eigenvalue weighted by Gasteiger charge is 2.44. The summed E-state index contributed by atoms with van der Waals surface area (Å²) in [5.74, 6) is -0.631. The molecule has 1 aromatic carbocycles. The molecule has 0 spiro atoms. The molecule has 2 heterocycles. The van der Waals surface area contributed by atoms with Crippen molar-refractivity contribution < 1.29 is 32.2 Å². The molecule has 35 heavy (non-hydrogen) atoms. The zero-order chi connectivity index (χ0) is 25.2. The first-order chi connectivity index (χ1) is 16.7. The number of benzene rings is 1. The number of likely N-dealkylation sites (tertiary alicyclic amines) is 1.